The largest absolute Gasteiger partial charge is 0.378 e. The van der Waals surface area contributed by atoms with Gasteiger partial charge in [-0.25, -0.2) is 0 Å². The predicted octanol–water partition coefficient (Wildman–Crippen LogP) is 5.11. The van der Waals surface area contributed by atoms with Crippen LogP contribution < -0.4 is 5.32 Å². The number of fused-ring (bicyclic) bond motifs is 3. The summed E-state index contributed by atoms with van der Waals surface area (Å²) in [5, 5.41) is 12.9. The van der Waals surface area contributed by atoms with E-state index in [1.165, 1.54) is 16.0 Å². The number of nitrogens with zero attached hydrogens (tertiary/aromatic N) is 1. The van der Waals surface area contributed by atoms with Crippen LogP contribution in [-0.4, -0.2) is 6.26 Å². The van der Waals surface area contributed by atoms with Gasteiger partial charge in [-0.3, -0.25) is 0 Å². The minimum Gasteiger partial charge on any atom is -0.378 e. The van der Waals surface area contributed by atoms with E-state index in [0.29, 0.717) is 17.9 Å². The Morgan fingerprint density at radius 2 is 2.00 bits per heavy atom. The van der Waals surface area contributed by atoms with Crippen LogP contribution in [0, 0.1) is 17.2 Å². The van der Waals surface area contributed by atoms with Crippen molar-refractivity contribution in [2.75, 3.05) is 11.6 Å². The Labute approximate surface area is 141 Å². The molecule has 0 saturated carbocycles. The number of nitriles is 1. The fourth-order valence-corrected chi connectivity index (χ4v) is 4.21. The second kappa shape index (κ2) is 5.79. The molecule has 0 fully saturated rings. The molecular formula is C20H18N2S. The first-order chi connectivity index (χ1) is 11.3. The van der Waals surface area contributed by atoms with Gasteiger partial charge in [-0.2, -0.15) is 5.26 Å². The van der Waals surface area contributed by atoms with Gasteiger partial charge in [0.2, 0.25) is 0 Å². The molecule has 2 aromatic carbocycles. The van der Waals surface area contributed by atoms with Gasteiger partial charge in [0.15, 0.2) is 0 Å². The maximum atomic E-state index is 9.17. The lowest BCUT2D eigenvalue weighted by molar-refractivity contribution is 0.425. The number of rotatable bonds is 2. The van der Waals surface area contributed by atoms with Crippen LogP contribution in [0.2, 0.25) is 0 Å². The van der Waals surface area contributed by atoms with E-state index in [1.54, 1.807) is 11.8 Å². The van der Waals surface area contributed by atoms with Crippen LogP contribution in [-0.2, 0) is 0 Å². The summed E-state index contributed by atoms with van der Waals surface area (Å²) in [4.78, 5) is 1.30. The number of hydrogen-bond acceptors (Lipinski definition) is 3. The summed E-state index contributed by atoms with van der Waals surface area (Å²) in [6.45, 7) is 0. The van der Waals surface area contributed by atoms with Crippen molar-refractivity contribution in [3.05, 3.63) is 71.3 Å². The molecule has 0 spiro atoms. The Balaban J connectivity index is 1.74. The molecular weight excluding hydrogens is 300 g/mol. The Hall–Kier alpha value is -2.18. The minimum atomic E-state index is 0.325. The number of hydrogen-bond donors (Lipinski definition) is 1. The summed E-state index contributed by atoms with van der Waals surface area (Å²) >= 11 is 1.77. The van der Waals surface area contributed by atoms with Gasteiger partial charge in [0, 0.05) is 16.5 Å². The van der Waals surface area contributed by atoms with Crippen LogP contribution in [0.4, 0.5) is 5.69 Å². The molecule has 114 valence electrons. The molecule has 23 heavy (non-hydrogen) atoms. The van der Waals surface area contributed by atoms with Gasteiger partial charge in [0.05, 0.1) is 17.7 Å². The fraction of sp³-hybridized carbons (Fsp3) is 0.250. The summed E-state index contributed by atoms with van der Waals surface area (Å²) in [6, 6.07) is 17.5. The summed E-state index contributed by atoms with van der Waals surface area (Å²) in [7, 11) is 0. The molecule has 1 N–H and O–H groups in total. The Kier molecular flexibility index (Phi) is 3.63. The Morgan fingerprint density at radius 3 is 2.74 bits per heavy atom. The quantitative estimate of drug-likeness (QED) is 0.617. The van der Waals surface area contributed by atoms with Gasteiger partial charge < -0.3 is 5.32 Å². The highest BCUT2D eigenvalue weighted by atomic mass is 32.2. The monoisotopic (exact) mass is 318 g/mol. The van der Waals surface area contributed by atoms with Crippen molar-refractivity contribution >= 4 is 17.4 Å². The summed E-state index contributed by atoms with van der Waals surface area (Å²) in [5.41, 5.74) is 4.51. The van der Waals surface area contributed by atoms with Crippen molar-refractivity contribution in [2.24, 2.45) is 5.92 Å². The van der Waals surface area contributed by atoms with Gasteiger partial charge in [-0.1, -0.05) is 24.3 Å². The maximum Gasteiger partial charge on any atom is 0.0991 e. The Bertz CT molecular complexity index is 801. The summed E-state index contributed by atoms with van der Waals surface area (Å²) < 4.78 is 0. The Morgan fingerprint density at radius 1 is 1.17 bits per heavy atom. The molecule has 0 radical (unpaired) electrons. The van der Waals surface area contributed by atoms with Crippen molar-refractivity contribution < 1.29 is 0 Å². The molecule has 0 amide bonds. The van der Waals surface area contributed by atoms with Crippen molar-refractivity contribution in [2.45, 2.75) is 23.3 Å². The van der Waals surface area contributed by atoms with E-state index >= 15 is 0 Å². The van der Waals surface area contributed by atoms with Gasteiger partial charge in [-0.05, 0) is 60.1 Å². The highest BCUT2D eigenvalue weighted by Crippen LogP contribution is 2.49. The summed E-state index contributed by atoms with van der Waals surface area (Å²) in [5.74, 6) is 0.932. The topological polar surface area (TPSA) is 35.8 Å². The number of anilines is 1. The van der Waals surface area contributed by atoms with E-state index < -0.39 is 0 Å². The van der Waals surface area contributed by atoms with Crippen LogP contribution in [0.15, 0.2) is 59.5 Å². The average Bonchev–Trinajstić information content (AvgIpc) is 3.11. The maximum absolute atomic E-state index is 9.17. The van der Waals surface area contributed by atoms with E-state index in [9.17, 15) is 0 Å². The molecule has 2 nitrogen and oxygen atoms in total. The molecule has 1 heterocycles. The third kappa shape index (κ3) is 2.44. The summed E-state index contributed by atoms with van der Waals surface area (Å²) in [6.07, 6.45) is 7.79. The van der Waals surface area contributed by atoms with E-state index in [1.807, 2.05) is 12.1 Å². The smallest absolute Gasteiger partial charge is 0.0991 e. The van der Waals surface area contributed by atoms with Gasteiger partial charge in [0.1, 0.15) is 0 Å². The molecule has 2 aliphatic rings. The standard InChI is InChI=1S/C20H18N2S/c1-23-15-8-6-14(7-9-15)20-17-4-2-3-16(17)18-11-13(12-21)5-10-19(18)22-20/h2-3,5-11,16-17,20,22H,4H2,1H3. The lowest BCUT2D eigenvalue weighted by Gasteiger charge is -2.37. The molecule has 3 unspecified atom stereocenters. The number of allylic oxidation sites excluding steroid dienone is 2. The third-order valence-electron chi connectivity index (χ3n) is 4.97. The molecule has 3 atom stereocenters. The van der Waals surface area contributed by atoms with Gasteiger partial charge in [-0.15, -0.1) is 11.8 Å². The SMILES string of the molecule is CSc1ccc(C2Nc3ccc(C#N)cc3C3C=CCC32)cc1. The van der Waals surface area contributed by atoms with Gasteiger partial charge >= 0.3 is 0 Å². The molecule has 0 saturated heterocycles. The fourth-order valence-electron chi connectivity index (χ4n) is 3.81. The lowest BCUT2D eigenvalue weighted by Crippen LogP contribution is -2.29. The van der Waals surface area contributed by atoms with Crippen molar-refractivity contribution in [1.82, 2.24) is 0 Å². The first-order valence-electron chi connectivity index (χ1n) is 7.91. The number of benzene rings is 2. The van der Waals surface area contributed by atoms with E-state index in [0.717, 1.165) is 17.7 Å². The van der Waals surface area contributed by atoms with Crippen LogP contribution in [0.25, 0.3) is 0 Å². The van der Waals surface area contributed by atoms with Crippen LogP contribution in [0.5, 0.6) is 0 Å². The van der Waals surface area contributed by atoms with Crippen LogP contribution in [0.1, 0.15) is 35.1 Å². The average molecular weight is 318 g/mol. The zero-order chi connectivity index (χ0) is 15.8. The van der Waals surface area contributed by atoms with Crippen molar-refractivity contribution in [3.8, 4) is 6.07 Å². The second-order valence-corrected chi connectivity index (χ2v) is 7.04. The molecule has 2 aromatic rings. The van der Waals surface area contributed by atoms with Crippen molar-refractivity contribution in [3.63, 3.8) is 0 Å². The third-order valence-corrected chi connectivity index (χ3v) is 5.71. The number of thioether (sulfide) groups is 1. The van der Waals surface area contributed by atoms with Crippen LogP contribution >= 0.6 is 11.8 Å². The lowest BCUT2D eigenvalue weighted by atomic mass is 9.76. The van der Waals surface area contributed by atoms with E-state index in [2.05, 4.69) is 60.1 Å². The zero-order valence-electron chi connectivity index (χ0n) is 13.0. The van der Waals surface area contributed by atoms with Crippen molar-refractivity contribution in [1.29, 1.82) is 5.26 Å². The molecule has 1 aliphatic heterocycles. The van der Waals surface area contributed by atoms with Crippen LogP contribution in [0.3, 0.4) is 0 Å². The second-order valence-electron chi connectivity index (χ2n) is 6.16. The normalized spacial score (nSPS) is 24.4. The first-order valence-corrected chi connectivity index (χ1v) is 9.14. The molecule has 3 heteroatoms. The van der Waals surface area contributed by atoms with E-state index in [4.69, 9.17) is 5.26 Å². The molecule has 4 rings (SSSR count). The zero-order valence-corrected chi connectivity index (χ0v) is 13.8. The minimum absolute atomic E-state index is 0.325. The highest BCUT2D eigenvalue weighted by molar-refractivity contribution is 7.98. The molecule has 0 bridgehead atoms. The molecule has 1 aliphatic carbocycles. The van der Waals surface area contributed by atoms with Gasteiger partial charge in [0.25, 0.3) is 0 Å². The first kappa shape index (κ1) is 14.4. The predicted molar refractivity (Wildman–Crippen MR) is 95.7 cm³/mol. The highest BCUT2D eigenvalue weighted by Gasteiger charge is 2.37. The number of nitrogens with one attached hydrogen (secondary N) is 1. The molecule has 0 aromatic heterocycles. The van der Waals surface area contributed by atoms with E-state index in [-0.39, 0.29) is 0 Å².